The van der Waals surface area contributed by atoms with Gasteiger partial charge in [0.2, 0.25) is 0 Å². The van der Waals surface area contributed by atoms with Crippen molar-refractivity contribution in [3.8, 4) is 0 Å². The molecule has 1 saturated heterocycles. The second kappa shape index (κ2) is 2.88. The molecule has 0 aromatic heterocycles. The summed E-state index contributed by atoms with van der Waals surface area (Å²) in [5.74, 6) is 0.542. The molecule has 0 spiro atoms. The lowest BCUT2D eigenvalue weighted by Gasteiger charge is -2.43. The summed E-state index contributed by atoms with van der Waals surface area (Å²) in [6.45, 7) is 1.01. The Morgan fingerprint density at radius 1 is 1.46 bits per heavy atom. The number of Topliss-reactive ketones (excluding diaryl/α,β-unsaturated/α-hetero) is 1. The number of nitrogens with zero attached hydrogens (tertiary/aromatic N) is 1. The van der Waals surface area contributed by atoms with Crippen LogP contribution in [0.4, 0.5) is 0 Å². The Morgan fingerprint density at radius 3 is 2.85 bits per heavy atom. The Balaban J connectivity index is 2.28. The first-order valence-electron chi connectivity index (χ1n) is 4.85. The Bertz CT molecular complexity index is 242. The van der Waals surface area contributed by atoms with Gasteiger partial charge in [-0.3, -0.25) is 0 Å². The monoisotopic (exact) mass is 173 g/mol. The highest BCUT2D eigenvalue weighted by atomic mass is 16.1. The first-order chi connectivity index (χ1) is 6.03. The second-order valence-corrected chi connectivity index (χ2v) is 4.37. The fraction of sp³-hybridized carbons (Fsp3) is 0.889. The van der Waals surface area contributed by atoms with E-state index in [1.54, 1.807) is 0 Å². The molecule has 0 aromatic carbocycles. The second-order valence-electron chi connectivity index (χ2n) is 4.37. The molecule has 2 atom stereocenters. The lowest BCUT2D eigenvalue weighted by Crippen LogP contribution is -2.49. The zero-order chi connectivity index (χ0) is 9.64. The van der Waals surface area contributed by atoms with Crippen molar-refractivity contribution in [2.45, 2.75) is 30.5 Å². The Morgan fingerprint density at radius 2 is 2.15 bits per heavy atom. The van der Waals surface area contributed by atoms with Crippen LogP contribution in [-0.2, 0) is 4.79 Å². The number of carbonyl (C=O) groups excluding carboxylic acids is 1. The highest BCUT2D eigenvalue weighted by molar-refractivity contribution is 6.51. The highest BCUT2D eigenvalue weighted by Crippen LogP contribution is 2.44. The molecule has 1 aliphatic carbocycles. The fourth-order valence-corrected chi connectivity index (χ4v) is 2.78. The van der Waals surface area contributed by atoms with Crippen LogP contribution in [-0.4, -0.2) is 46.0 Å². The third-order valence-electron chi connectivity index (χ3n) is 3.49. The smallest absolute Gasteiger partial charge is 0.123 e. The van der Waals surface area contributed by atoms with Crippen molar-refractivity contribution in [1.82, 2.24) is 4.90 Å². The van der Waals surface area contributed by atoms with Gasteiger partial charge in [0.1, 0.15) is 5.78 Å². The van der Waals surface area contributed by atoms with Gasteiger partial charge in [-0.15, -0.1) is 0 Å². The van der Waals surface area contributed by atoms with Crippen molar-refractivity contribution in [2.75, 3.05) is 13.6 Å². The maximum atomic E-state index is 11.5. The van der Waals surface area contributed by atoms with Gasteiger partial charge in [0.05, 0.1) is 15.7 Å². The van der Waals surface area contributed by atoms with Crippen LogP contribution in [0, 0.1) is 5.92 Å². The van der Waals surface area contributed by atoms with Gasteiger partial charge < -0.3 is 9.69 Å². The molecule has 2 rings (SSSR count). The molecule has 0 bridgehead atoms. The van der Waals surface area contributed by atoms with Crippen LogP contribution in [0.3, 0.4) is 0 Å². The molecular weight excluding hydrogens is 160 g/mol. The minimum Gasteiger partial charge on any atom is -0.304 e. The van der Waals surface area contributed by atoms with Gasteiger partial charge in [0, 0.05) is 12.5 Å². The zero-order valence-electron chi connectivity index (χ0n) is 7.99. The number of ketones is 1. The average Bonchev–Trinajstić information content (AvgIpc) is 2.41. The SMILES string of the molecule is [B]C1([B])C(=O)CCC2CCN(C)C21. The normalized spacial score (nSPS) is 39.0. The molecule has 4 radical (unpaired) electrons. The third kappa shape index (κ3) is 1.26. The summed E-state index contributed by atoms with van der Waals surface area (Å²) < 4.78 is 0. The van der Waals surface area contributed by atoms with Gasteiger partial charge >= 0.3 is 0 Å². The van der Waals surface area contributed by atoms with Gasteiger partial charge in [-0.2, -0.15) is 0 Å². The topological polar surface area (TPSA) is 20.3 Å². The van der Waals surface area contributed by atoms with Crippen molar-refractivity contribution in [3.63, 3.8) is 0 Å². The summed E-state index contributed by atoms with van der Waals surface area (Å²) in [7, 11) is 13.8. The van der Waals surface area contributed by atoms with E-state index in [0.29, 0.717) is 12.3 Å². The predicted octanol–water partition coefficient (Wildman–Crippen LogP) is 0.123. The molecule has 0 aromatic rings. The van der Waals surface area contributed by atoms with E-state index in [0.717, 1.165) is 19.4 Å². The summed E-state index contributed by atoms with van der Waals surface area (Å²) in [5, 5.41) is -1.10. The summed E-state index contributed by atoms with van der Waals surface area (Å²) >= 11 is 0. The van der Waals surface area contributed by atoms with E-state index in [4.69, 9.17) is 15.7 Å². The largest absolute Gasteiger partial charge is 0.304 e. The molecule has 4 heteroatoms. The van der Waals surface area contributed by atoms with E-state index in [9.17, 15) is 4.79 Å². The lowest BCUT2D eigenvalue weighted by molar-refractivity contribution is -0.123. The van der Waals surface area contributed by atoms with Gasteiger partial charge in [0.25, 0.3) is 0 Å². The molecule has 1 heterocycles. The number of rotatable bonds is 0. The lowest BCUT2D eigenvalue weighted by atomic mass is 9.44. The molecule has 1 saturated carbocycles. The van der Waals surface area contributed by atoms with Crippen LogP contribution in [0.25, 0.3) is 0 Å². The molecule has 13 heavy (non-hydrogen) atoms. The van der Waals surface area contributed by atoms with Crippen molar-refractivity contribution >= 4 is 21.5 Å². The molecule has 2 unspecified atom stereocenters. The Kier molecular flexibility index (Phi) is 2.06. The van der Waals surface area contributed by atoms with E-state index in [1.807, 2.05) is 7.05 Å². The maximum absolute atomic E-state index is 11.5. The van der Waals surface area contributed by atoms with E-state index in [2.05, 4.69) is 4.90 Å². The summed E-state index contributed by atoms with van der Waals surface area (Å²) in [5.41, 5.74) is 0. The number of hydrogen-bond donors (Lipinski definition) is 0. The molecule has 2 nitrogen and oxygen atoms in total. The van der Waals surface area contributed by atoms with E-state index >= 15 is 0 Å². The van der Waals surface area contributed by atoms with Gasteiger partial charge in [-0.05, 0) is 37.6 Å². The number of carbonyl (C=O) groups is 1. The van der Waals surface area contributed by atoms with E-state index in [1.165, 1.54) is 0 Å². The predicted molar refractivity (Wildman–Crippen MR) is 53.0 cm³/mol. The fourth-order valence-electron chi connectivity index (χ4n) is 2.78. The average molecular weight is 173 g/mol. The standard InChI is InChI=1S/C9H13B2NO/c1-12-5-4-6-2-3-7(13)9(10,11)8(6)12/h6,8H,2-5H2,1H3. The van der Waals surface area contributed by atoms with Gasteiger partial charge in [0.15, 0.2) is 0 Å². The van der Waals surface area contributed by atoms with Crippen LogP contribution in [0.1, 0.15) is 19.3 Å². The molecule has 2 fully saturated rings. The van der Waals surface area contributed by atoms with Crippen molar-refractivity contribution in [3.05, 3.63) is 0 Å². The summed E-state index contributed by atoms with van der Waals surface area (Å²) in [6.07, 6.45) is 2.65. The van der Waals surface area contributed by atoms with Crippen molar-refractivity contribution in [1.29, 1.82) is 0 Å². The molecule has 0 N–H and O–H groups in total. The van der Waals surface area contributed by atoms with Crippen LogP contribution >= 0.6 is 0 Å². The van der Waals surface area contributed by atoms with Crippen LogP contribution in [0.2, 0.25) is 5.21 Å². The number of likely N-dealkylation sites (tertiary alicyclic amines) is 1. The van der Waals surface area contributed by atoms with Crippen LogP contribution in [0.15, 0.2) is 0 Å². The Hall–Kier alpha value is -0.240. The molecule has 66 valence electrons. The summed E-state index contributed by atoms with van der Waals surface area (Å²) in [4.78, 5) is 13.7. The molecular formula is C9H13B2NO. The van der Waals surface area contributed by atoms with Crippen LogP contribution < -0.4 is 0 Å². The Labute approximate surface area is 81.9 Å². The molecule has 2 aliphatic rings. The number of hydrogen-bond acceptors (Lipinski definition) is 2. The first-order valence-corrected chi connectivity index (χ1v) is 4.85. The van der Waals surface area contributed by atoms with Crippen molar-refractivity contribution < 1.29 is 4.79 Å². The maximum Gasteiger partial charge on any atom is 0.123 e. The number of fused-ring (bicyclic) bond motifs is 1. The molecule has 1 aliphatic heterocycles. The van der Waals surface area contributed by atoms with Gasteiger partial charge in [-0.1, -0.05) is 0 Å². The minimum atomic E-state index is -1.10. The van der Waals surface area contributed by atoms with Gasteiger partial charge in [-0.25, -0.2) is 0 Å². The highest BCUT2D eigenvalue weighted by Gasteiger charge is 2.47. The van der Waals surface area contributed by atoms with Crippen molar-refractivity contribution in [2.24, 2.45) is 5.92 Å². The summed E-state index contributed by atoms with van der Waals surface area (Å²) in [6, 6.07) is 0.0637. The van der Waals surface area contributed by atoms with E-state index < -0.39 is 5.21 Å². The zero-order valence-corrected chi connectivity index (χ0v) is 7.99. The van der Waals surface area contributed by atoms with E-state index in [-0.39, 0.29) is 11.8 Å². The third-order valence-corrected chi connectivity index (χ3v) is 3.49. The quantitative estimate of drug-likeness (QED) is 0.485. The first kappa shape index (κ1) is 9.32. The minimum absolute atomic E-state index is 0.0162. The molecule has 0 amide bonds. The van der Waals surface area contributed by atoms with Crippen LogP contribution in [0.5, 0.6) is 0 Å².